The maximum atomic E-state index is 13.1. The summed E-state index contributed by atoms with van der Waals surface area (Å²) in [6, 6.07) is 35.2. The van der Waals surface area contributed by atoms with Gasteiger partial charge in [0, 0.05) is 28.6 Å². The molecule has 1 atom stereocenters. The van der Waals surface area contributed by atoms with Crippen LogP contribution < -0.4 is 10.1 Å². The summed E-state index contributed by atoms with van der Waals surface area (Å²) in [5.74, 6) is 0.176. The predicted molar refractivity (Wildman–Crippen MR) is 162 cm³/mol. The maximum absolute atomic E-state index is 13.1. The molecule has 0 fully saturated rings. The number of ketones is 1. The largest absolute Gasteiger partial charge is 0.490 e. The van der Waals surface area contributed by atoms with Crippen molar-refractivity contribution in [2.24, 2.45) is 0 Å². The van der Waals surface area contributed by atoms with Crippen molar-refractivity contribution in [3.8, 4) is 5.75 Å². The molecule has 0 radical (unpaired) electrons. The highest BCUT2D eigenvalue weighted by Gasteiger charge is 2.22. The van der Waals surface area contributed by atoms with Crippen LogP contribution in [0.2, 0.25) is 0 Å². The Morgan fingerprint density at radius 3 is 2.37 bits per heavy atom. The number of fused-ring (bicyclic) bond motifs is 1. The van der Waals surface area contributed by atoms with Crippen molar-refractivity contribution < 1.29 is 19.1 Å². The summed E-state index contributed by atoms with van der Waals surface area (Å²) in [4.78, 5) is 30.5. The van der Waals surface area contributed by atoms with Crippen LogP contribution in [0.15, 0.2) is 121 Å². The van der Waals surface area contributed by atoms with Crippen LogP contribution in [-0.2, 0) is 16.0 Å². The van der Waals surface area contributed by atoms with E-state index in [1.165, 1.54) is 7.11 Å². The predicted octanol–water partition coefficient (Wildman–Crippen LogP) is 6.75. The van der Waals surface area contributed by atoms with Crippen molar-refractivity contribution in [3.05, 3.63) is 144 Å². The van der Waals surface area contributed by atoms with Crippen LogP contribution in [0.1, 0.15) is 27.2 Å². The van der Waals surface area contributed by atoms with Gasteiger partial charge in [0.1, 0.15) is 18.4 Å². The maximum Gasteiger partial charge on any atom is 0.328 e. The summed E-state index contributed by atoms with van der Waals surface area (Å²) in [7, 11) is 1.36. The van der Waals surface area contributed by atoms with Gasteiger partial charge in [-0.15, -0.1) is 0 Å². The molecule has 6 nitrogen and oxygen atoms in total. The molecule has 0 saturated carbocycles. The zero-order valence-corrected chi connectivity index (χ0v) is 22.7. The molecule has 0 spiro atoms. The second-order valence-corrected chi connectivity index (χ2v) is 9.45. The molecule has 0 aliphatic rings. The lowest BCUT2D eigenvalue weighted by Gasteiger charge is -2.20. The van der Waals surface area contributed by atoms with Crippen molar-refractivity contribution in [2.75, 3.05) is 19.0 Å². The lowest BCUT2D eigenvalue weighted by molar-refractivity contribution is -0.141. The summed E-state index contributed by atoms with van der Waals surface area (Å²) in [6.07, 6.45) is 4.23. The van der Waals surface area contributed by atoms with E-state index in [-0.39, 0.29) is 5.78 Å². The van der Waals surface area contributed by atoms with Crippen LogP contribution in [0.3, 0.4) is 0 Å². The zero-order valence-electron chi connectivity index (χ0n) is 22.7. The molecular weight excluding hydrogens is 512 g/mol. The van der Waals surface area contributed by atoms with Gasteiger partial charge in [-0.25, -0.2) is 9.78 Å². The average Bonchev–Trinajstić information content (AvgIpc) is 3.03. The number of carbonyl (C=O) groups is 2. The number of aromatic nitrogens is 1. The number of rotatable bonds is 11. The van der Waals surface area contributed by atoms with Crippen LogP contribution in [0, 0.1) is 0 Å². The first-order chi connectivity index (χ1) is 20.1. The highest BCUT2D eigenvalue weighted by Crippen LogP contribution is 2.22. The van der Waals surface area contributed by atoms with Crippen molar-refractivity contribution in [2.45, 2.75) is 12.5 Å². The molecule has 5 aromatic rings. The zero-order chi connectivity index (χ0) is 28.4. The quantitative estimate of drug-likeness (QED) is 0.147. The minimum atomic E-state index is -0.686. The van der Waals surface area contributed by atoms with Gasteiger partial charge in [0.25, 0.3) is 0 Å². The summed E-state index contributed by atoms with van der Waals surface area (Å²) < 4.78 is 10.9. The number of benzene rings is 4. The number of para-hydroxylation sites is 2. The van der Waals surface area contributed by atoms with Crippen LogP contribution in [-0.4, -0.2) is 36.5 Å². The number of ether oxygens (including phenoxy) is 2. The molecule has 41 heavy (non-hydrogen) atoms. The summed E-state index contributed by atoms with van der Waals surface area (Å²) >= 11 is 0. The molecule has 6 heteroatoms. The van der Waals surface area contributed by atoms with Gasteiger partial charge in [0.05, 0.1) is 18.3 Å². The van der Waals surface area contributed by atoms with Gasteiger partial charge in [-0.2, -0.15) is 0 Å². The molecule has 1 heterocycles. The number of nitrogens with one attached hydrogen (secondary N) is 1. The molecule has 1 aromatic heterocycles. The number of hydrogen-bond donors (Lipinski definition) is 1. The third-order valence-corrected chi connectivity index (χ3v) is 6.64. The van der Waals surface area contributed by atoms with Crippen LogP contribution in [0.4, 0.5) is 5.69 Å². The Balaban J connectivity index is 1.21. The highest BCUT2D eigenvalue weighted by atomic mass is 16.5. The van der Waals surface area contributed by atoms with E-state index in [4.69, 9.17) is 9.47 Å². The number of esters is 1. The Bertz CT molecular complexity index is 1660. The Kier molecular flexibility index (Phi) is 8.81. The molecule has 0 bridgehead atoms. The van der Waals surface area contributed by atoms with Crippen LogP contribution in [0.5, 0.6) is 5.75 Å². The molecule has 4 aromatic carbocycles. The topological polar surface area (TPSA) is 77.5 Å². The van der Waals surface area contributed by atoms with E-state index in [0.717, 1.165) is 22.2 Å². The minimum absolute atomic E-state index is 0.121. The Morgan fingerprint density at radius 1 is 0.829 bits per heavy atom. The number of carbonyl (C=O) groups excluding carboxylic acids is 2. The second-order valence-electron chi connectivity index (χ2n) is 9.45. The third-order valence-electron chi connectivity index (χ3n) is 6.64. The van der Waals surface area contributed by atoms with E-state index in [0.29, 0.717) is 35.6 Å². The second kappa shape index (κ2) is 13.2. The summed E-state index contributed by atoms with van der Waals surface area (Å²) in [5.41, 5.74) is 4.39. The number of nitrogens with zero attached hydrogens (tertiary/aromatic N) is 1. The van der Waals surface area contributed by atoms with E-state index in [1.54, 1.807) is 30.3 Å². The molecular formula is C35H30N2O4. The van der Waals surface area contributed by atoms with Gasteiger partial charge in [-0.1, -0.05) is 78.9 Å². The SMILES string of the molecule is COC(=O)C(Cc1ccc(OC/C=C/c2ccc3ccccc3n2)cc1)Nc1ccccc1C(=O)c1ccccc1. The Labute approximate surface area is 239 Å². The van der Waals surface area contributed by atoms with Crippen molar-refractivity contribution in [3.63, 3.8) is 0 Å². The first kappa shape index (κ1) is 27.3. The number of hydrogen-bond acceptors (Lipinski definition) is 6. The van der Waals surface area contributed by atoms with Gasteiger partial charge < -0.3 is 14.8 Å². The first-order valence-corrected chi connectivity index (χ1v) is 13.4. The monoisotopic (exact) mass is 542 g/mol. The molecule has 5 rings (SSSR count). The third kappa shape index (κ3) is 7.05. The molecule has 0 aliphatic heterocycles. The first-order valence-electron chi connectivity index (χ1n) is 13.4. The fraction of sp³-hybridized carbons (Fsp3) is 0.114. The van der Waals surface area contributed by atoms with Crippen molar-refractivity contribution >= 4 is 34.4 Å². The van der Waals surface area contributed by atoms with E-state index < -0.39 is 12.0 Å². The lowest BCUT2D eigenvalue weighted by atomic mass is 10.00. The normalized spacial score (nSPS) is 11.7. The minimum Gasteiger partial charge on any atom is -0.490 e. The Morgan fingerprint density at radius 2 is 1.56 bits per heavy atom. The standard InChI is InChI=1S/C35H30N2O4/c1-40-35(39)33(37-32-16-8-6-14-30(32)34(38)27-11-3-2-4-12-27)24-25-17-21-29(22-18-25)41-23-9-13-28-20-19-26-10-5-7-15-31(26)36-28/h2-22,33,37H,23-24H2,1H3/b13-9+. The average molecular weight is 543 g/mol. The van der Waals surface area contributed by atoms with E-state index in [2.05, 4.69) is 16.4 Å². The highest BCUT2D eigenvalue weighted by molar-refractivity contribution is 6.12. The van der Waals surface area contributed by atoms with Gasteiger partial charge in [-0.3, -0.25) is 4.79 Å². The number of methoxy groups -OCH3 is 1. The lowest BCUT2D eigenvalue weighted by Crippen LogP contribution is -2.33. The molecule has 0 saturated heterocycles. The molecule has 1 N–H and O–H groups in total. The number of pyridine rings is 1. The Hall–Kier alpha value is -5.23. The van der Waals surface area contributed by atoms with Crippen molar-refractivity contribution in [1.82, 2.24) is 4.98 Å². The van der Waals surface area contributed by atoms with Gasteiger partial charge in [-0.05, 0) is 54.1 Å². The molecule has 0 amide bonds. The van der Waals surface area contributed by atoms with E-state index in [1.807, 2.05) is 91.0 Å². The number of anilines is 1. The summed E-state index contributed by atoms with van der Waals surface area (Å²) in [5, 5.41) is 4.35. The fourth-order valence-electron chi connectivity index (χ4n) is 4.52. The van der Waals surface area contributed by atoms with Gasteiger partial charge >= 0.3 is 5.97 Å². The molecule has 1 unspecified atom stereocenters. The van der Waals surface area contributed by atoms with Crippen LogP contribution in [0.25, 0.3) is 17.0 Å². The smallest absolute Gasteiger partial charge is 0.328 e. The fourth-order valence-corrected chi connectivity index (χ4v) is 4.52. The molecule has 0 aliphatic carbocycles. The van der Waals surface area contributed by atoms with E-state index >= 15 is 0 Å². The van der Waals surface area contributed by atoms with Crippen LogP contribution >= 0.6 is 0 Å². The van der Waals surface area contributed by atoms with E-state index in [9.17, 15) is 9.59 Å². The molecule has 204 valence electrons. The van der Waals surface area contributed by atoms with Crippen molar-refractivity contribution in [1.29, 1.82) is 0 Å². The van der Waals surface area contributed by atoms with Gasteiger partial charge in [0.2, 0.25) is 0 Å². The summed E-state index contributed by atoms with van der Waals surface area (Å²) in [6.45, 7) is 0.395. The van der Waals surface area contributed by atoms with Gasteiger partial charge in [0.15, 0.2) is 5.78 Å².